The summed E-state index contributed by atoms with van der Waals surface area (Å²) in [5.74, 6) is 0. The zero-order valence-electron chi connectivity index (χ0n) is 16.9. The third kappa shape index (κ3) is 2.73. The van der Waals surface area contributed by atoms with Crippen molar-refractivity contribution in [2.75, 3.05) is 0 Å². The highest BCUT2D eigenvalue weighted by molar-refractivity contribution is 7.23. The first-order valence-electron chi connectivity index (χ1n) is 9.44. The van der Waals surface area contributed by atoms with Crippen LogP contribution in [0.3, 0.4) is 0 Å². The van der Waals surface area contributed by atoms with Gasteiger partial charge in [-0.15, -0.1) is 45.3 Å². The summed E-state index contributed by atoms with van der Waals surface area (Å²) in [7, 11) is 0. The molecule has 0 amide bonds. The van der Waals surface area contributed by atoms with Gasteiger partial charge in [-0.3, -0.25) is 0 Å². The van der Waals surface area contributed by atoms with Gasteiger partial charge >= 0.3 is 0 Å². The lowest BCUT2D eigenvalue weighted by molar-refractivity contribution is 1.44. The number of fused-ring (bicyclic) bond motifs is 2. The number of aryl methyl sites for hydroxylation is 6. The number of rotatable bonds is 2. The predicted molar refractivity (Wildman–Crippen MR) is 132 cm³/mol. The first kappa shape index (κ1) is 18.6. The Morgan fingerprint density at radius 1 is 0.500 bits per heavy atom. The van der Waals surface area contributed by atoms with Gasteiger partial charge in [0, 0.05) is 60.6 Å². The zero-order chi connectivity index (χ0) is 19.7. The van der Waals surface area contributed by atoms with Gasteiger partial charge in [0.05, 0.1) is 0 Å². The van der Waals surface area contributed by atoms with Crippen LogP contribution in [0, 0.1) is 41.5 Å². The van der Waals surface area contributed by atoms with Gasteiger partial charge in [0.2, 0.25) is 0 Å². The molecule has 28 heavy (non-hydrogen) atoms. The lowest BCUT2D eigenvalue weighted by Gasteiger charge is -2.09. The Morgan fingerprint density at radius 2 is 0.893 bits per heavy atom. The first-order valence-corrected chi connectivity index (χ1v) is 12.7. The Morgan fingerprint density at radius 3 is 1.21 bits per heavy atom. The summed E-state index contributed by atoms with van der Waals surface area (Å²) < 4.78 is 2.89. The summed E-state index contributed by atoms with van der Waals surface area (Å²) in [6.45, 7) is 13.4. The molecule has 5 aromatic rings. The molecule has 0 N–H and O–H groups in total. The van der Waals surface area contributed by atoms with Gasteiger partial charge in [-0.2, -0.15) is 0 Å². The normalized spacial score (nSPS) is 11.9. The minimum Gasteiger partial charge on any atom is -0.140 e. The van der Waals surface area contributed by atoms with Crippen LogP contribution in [0.2, 0.25) is 0 Å². The van der Waals surface area contributed by atoms with Crippen molar-refractivity contribution < 1.29 is 0 Å². The van der Waals surface area contributed by atoms with Crippen LogP contribution in [0.25, 0.3) is 41.1 Å². The van der Waals surface area contributed by atoms with Gasteiger partial charge in [-0.25, -0.2) is 0 Å². The van der Waals surface area contributed by atoms with Crippen LogP contribution in [-0.2, 0) is 0 Å². The van der Waals surface area contributed by atoms with Crippen molar-refractivity contribution in [3.63, 3.8) is 0 Å². The summed E-state index contributed by atoms with van der Waals surface area (Å²) >= 11 is 7.77. The Hall–Kier alpha value is -1.46. The van der Waals surface area contributed by atoms with Crippen molar-refractivity contribution in [1.29, 1.82) is 0 Å². The minimum absolute atomic E-state index is 1.39. The van der Waals surface area contributed by atoms with E-state index < -0.39 is 0 Å². The van der Waals surface area contributed by atoms with Crippen LogP contribution in [-0.4, -0.2) is 0 Å². The molecule has 0 saturated heterocycles. The number of thiophene rings is 4. The Bertz CT molecular complexity index is 1170. The lowest BCUT2D eigenvalue weighted by Crippen LogP contribution is -1.81. The molecule has 0 atom stereocenters. The molecule has 0 nitrogen and oxygen atoms in total. The Labute approximate surface area is 182 Å². The molecule has 0 radical (unpaired) electrons. The maximum atomic E-state index is 2.41. The molecule has 1 aromatic carbocycles. The molecule has 0 aliphatic carbocycles. The molecule has 4 heteroatoms. The number of hydrogen-bond donors (Lipinski definition) is 0. The standard InChI is InChI=1S/C24H22S4/c1-11-7-19(27-15(11)5)21-17-9-13(3)26-24(17)22(18-10-14(4)25-23(18)21)20-8-12(2)16(6)28-20/h7-10H,1-6H3. The van der Waals surface area contributed by atoms with Crippen LogP contribution in [0.15, 0.2) is 24.3 Å². The van der Waals surface area contributed by atoms with Crippen LogP contribution >= 0.6 is 45.3 Å². The van der Waals surface area contributed by atoms with Gasteiger partial charge in [0.25, 0.3) is 0 Å². The van der Waals surface area contributed by atoms with E-state index in [1.807, 2.05) is 45.3 Å². The molecule has 4 heterocycles. The fourth-order valence-electron chi connectivity index (χ4n) is 3.90. The summed E-state index contributed by atoms with van der Waals surface area (Å²) in [4.78, 5) is 8.45. The molecule has 142 valence electrons. The largest absolute Gasteiger partial charge is 0.140 e. The van der Waals surface area contributed by atoms with Gasteiger partial charge in [-0.1, -0.05) is 0 Å². The third-order valence-electron chi connectivity index (χ3n) is 5.53. The van der Waals surface area contributed by atoms with Crippen molar-refractivity contribution in [2.45, 2.75) is 41.5 Å². The van der Waals surface area contributed by atoms with Gasteiger partial charge in [-0.05, 0) is 76.9 Å². The smallest absolute Gasteiger partial charge is 0.0445 e. The van der Waals surface area contributed by atoms with Gasteiger partial charge < -0.3 is 0 Å². The molecular formula is C24H22S4. The molecular weight excluding hydrogens is 417 g/mol. The van der Waals surface area contributed by atoms with Crippen LogP contribution < -0.4 is 0 Å². The van der Waals surface area contributed by atoms with E-state index in [1.54, 1.807) is 0 Å². The zero-order valence-corrected chi connectivity index (χ0v) is 20.2. The molecule has 5 rings (SSSR count). The second-order valence-electron chi connectivity index (χ2n) is 7.65. The van der Waals surface area contributed by atoms with Crippen LogP contribution in [0.4, 0.5) is 0 Å². The van der Waals surface area contributed by atoms with E-state index >= 15 is 0 Å². The van der Waals surface area contributed by atoms with E-state index in [-0.39, 0.29) is 0 Å². The highest BCUT2D eigenvalue weighted by atomic mass is 32.1. The van der Waals surface area contributed by atoms with Crippen molar-refractivity contribution in [3.05, 3.63) is 54.9 Å². The molecule has 0 unspecified atom stereocenters. The minimum atomic E-state index is 1.39. The lowest BCUT2D eigenvalue weighted by atomic mass is 9.99. The van der Waals surface area contributed by atoms with Crippen LogP contribution in [0.1, 0.15) is 30.6 Å². The maximum Gasteiger partial charge on any atom is 0.0445 e. The summed E-state index contributed by atoms with van der Waals surface area (Å²) in [5.41, 5.74) is 5.69. The molecule has 4 aromatic heterocycles. The maximum absolute atomic E-state index is 2.41. The van der Waals surface area contributed by atoms with Crippen molar-refractivity contribution in [1.82, 2.24) is 0 Å². The van der Waals surface area contributed by atoms with E-state index in [0.717, 1.165) is 0 Å². The average molecular weight is 439 g/mol. The van der Waals surface area contributed by atoms with Gasteiger partial charge in [0.1, 0.15) is 0 Å². The molecule has 0 spiro atoms. The van der Waals surface area contributed by atoms with E-state index in [0.29, 0.717) is 0 Å². The van der Waals surface area contributed by atoms with Crippen molar-refractivity contribution in [2.24, 2.45) is 0 Å². The van der Waals surface area contributed by atoms with Crippen molar-refractivity contribution in [3.8, 4) is 20.9 Å². The highest BCUT2D eigenvalue weighted by Crippen LogP contribution is 2.51. The summed E-state index contributed by atoms with van der Waals surface area (Å²) in [6, 6.07) is 9.58. The molecule has 0 aliphatic rings. The molecule has 0 fully saturated rings. The predicted octanol–water partition coefficient (Wildman–Crippen LogP) is 9.42. The second kappa shape index (κ2) is 6.53. The monoisotopic (exact) mass is 438 g/mol. The fraction of sp³-hybridized carbons (Fsp3) is 0.250. The van der Waals surface area contributed by atoms with E-state index in [2.05, 4.69) is 65.8 Å². The average Bonchev–Trinajstić information content (AvgIpc) is 3.34. The molecule has 0 bridgehead atoms. The molecule has 0 aliphatic heterocycles. The van der Waals surface area contributed by atoms with Gasteiger partial charge in [0.15, 0.2) is 0 Å². The second-order valence-corrected chi connectivity index (χ2v) is 12.7. The third-order valence-corrected chi connectivity index (χ3v) is 10.0. The van der Waals surface area contributed by atoms with Crippen LogP contribution in [0.5, 0.6) is 0 Å². The van der Waals surface area contributed by atoms with E-state index in [1.165, 1.54) is 71.7 Å². The number of hydrogen-bond acceptors (Lipinski definition) is 4. The van der Waals surface area contributed by atoms with E-state index in [9.17, 15) is 0 Å². The number of benzene rings is 1. The summed E-state index contributed by atoms with van der Waals surface area (Å²) in [5, 5.41) is 2.86. The highest BCUT2D eigenvalue weighted by Gasteiger charge is 2.22. The molecule has 0 saturated carbocycles. The fourth-order valence-corrected chi connectivity index (χ4v) is 8.41. The van der Waals surface area contributed by atoms with E-state index in [4.69, 9.17) is 0 Å². The Balaban J connectivity index is 1.98. The summed E-state index contributed by atoms with van der Waals surface area (Å²) in [6.07, 6.45) is 0. The topological polar surface area (TPSA) is 0 Å². The van der Waals surface area contributed by atoms with Crippen molar-refractivity contribution >= 4 is 65.5 Å². The Kier molecular flexibility index (Phi) is 4.33. The quantitative estimate of drug-likeness (QED) is 0.257. The SMILES string of the molecule is Cc1cc2c(-c3cc(C)c(C)s3)c3sc(C)cc3c(-c3cc(C)c(C)s3)c2s1. The first-order chi connectivity index (χ1) is 13.3.